The molecule has 1 fully saturated rings. The molecule has 0 radical (unpaired) electrons. The fourth-order valence-electron chi connectivity index (χ4n) is 2.08. The zero-order valence-electron chi connectivity index (χ0n) is 11.0. The maximum atomic E-state index is 11.8. The number of aromatic nitrogens is 3. The topological polar surface area (TPSA) is 95.1 Å². The molecule has 1 aromatic heterocycles. The largest absolute Gasteiger partial charge is 0.381 e. The molecule has 2 rings (SSSR count). The monoisotopic (exact) mass is 267 g/mol. The second kappa shape index (κ2) is 7.20. The van der Waals surface area contributed by atoms with Gasteiger partial charge < -0.3 is 15.8 Å². The molecule has 7 nitrogen and oxygen atoms in total. The molecule has 2 heterocycles. The van der Waals surface area contributed by atoms with E-state index in [2.05, 4.69) is 15.6 Å². The third kappa shape index (κ3) is 4.60. The highest BCUT2D eigenvalue weighted by molar-refractivity contribution is 5.75. The van der Waals surface area contributed by atoms with Crippen LogP contribution in [-0.2, 0) is 22.5 Å². The van der Waals surface area contributed by atoms with E-state index >= 15 is 0 Å². The third-order valence-electron chi connectivity index (χ3n) is 3.12. The SMILES string of the molecule is NCCCc1cn(CC(=O)NC2CCOCC2)nn1. The first-order chi connectivity index (χ1) is 9.28. The number of hydrogen-bond acceptors (Lipinski definition) is 5. The lowest BCUT2D eigenvalue weighted by Gasteiger charge is -2.22. The van der Waals surface area contributed by atoms with Crippen molar-refractivity contribution in [1.29, 1.82) is 0 Å². The summed E-state index contributed by atoms with van der Waals surface area (Å²) in [5.74, 6) is -0.0258. The molecule has 0 unspecified atom stereocenters. The molecule has 1 saturated heterocycles. The fraction of sp³-hybridized carbons (Fsp3) is 0.750. The zero-order valence-corrected chi connectivity index (χ0v) is 11.0. The molecular formula is C12H21N5O2. The van der Waals surface area contributed by atoms with Gasteiger partial charge in [0.15, 0.2) is 0 Å². The second-order valence-corrected chi connectivity index (χ2v) is 4.75. The maximum absolute atomic E-state index is 11.8. The number of carbonyl (C=O) groups excluding carboxylic acids is 1. The lowest BCUT2D eigenvalue weighted by molar-refractivity contribution is -0.123. The van der Waals surface area contributed by atoms with Crippen LogP contribution in [0.4, 0.5) is 0 Å². The molecule has 0 bridgehead atoms. The van der Waals surface area contributed by atoms with Crippen LogP contribution in [-0.4, -0.2) is 46.7 Å². The first-order valence-electron chi connectivity index (χ1n) is 6.74. The molecule has 106 valence electrons. The highest BCUT2D eigenvalue weighted by atomic mass is 16.5. The molecule has 3 N–H and O–H groups in total. The van der Waals surface area contributed by atoms with Crippen LogP contribution in [0, 0.1) is 0 Å². The standard InChI is InChI=1S/C12H21N5O2/c13-5-1-2-11-8-17(16-15-11)9-12(18)14-10-3-6-19-7-4-10/h8,10H,1-7,9,13H2,(H,14,18). The number of aryl methyl sites for hydroxylation is 1. The van der Waals surface area contributed by atoms with Crippen molar-refractivity contribution in [3.05, 3.63) is 11.9 Å². The van der Waals surface area contributed by atoms with Gasteiger partial charge in [0.25, 0.3) is 0 Å². The quantitative estimate of drug-likeness (QED) is 0.722. The van der Waals surface area contributed by atoms with Gasteiger partial charge in [0.05, 0.1) is 5.69 Å². The Morgan fingerprint density at radius 1 is 1.53 bits per heavy atom. The smallest absolute Gasteiger partial charge is 0.242 e. The Morgan fingerprint density at radius 3 is 3.05 bits per heavy atom. The summed E-state index contributed by atoms with van der Waals surface area (Å²) in [6.07, 6.45) is 5.25. The van der Waals surface area contributed by atoms with Gasteiger partial charge in [-0.05, 0) is 32.2 Å². The average molecular weight is 267 g/mol. The van der Waals surface area contributed by atoms with E-state index in [-0.39, 0.29) is 18.5 Å². The van der Waals surface area contributed by atoms with Gasteiger partial charge in [0, 0.05) is 25.5 Å². The summed E-state index contributed by atoms with van der Waals surface area (Å²) >= 11 is 0. The van der Waals surface area contributed by atoms with Crippen molar-refractivity contribution in [2.24, 2.45) is 5.73 Å². The van der Waals surface area contributed by atoms with Crippen molar-refractivity contribution >= 4 is 5.91 Å². The Balaban J connectivity index is 1.76. The van der Waals surface area contributed by atoms with Gasteiger partial charge in [-0.3, -0.25) is 4.79 Å². The van der Waals surface area contributed by atoms with Gasteiger partial charge >= 0.3 is 0 Å². The molecule has 0 aromatic carbocycles. The van der Waals surface area contributed by atoms with Crippen molar-refractivity contribution in [3.8, 4) is 0 Å². The van der Waals surface area contributed by atoms with Crippen molar-refractivity contribution in [2.75, 3.05) is 19.8 Å². The number of hydrogen-bond donors (Lipinski definition) is 2. The fourth-order valence-corrected chi connectivity index (χ4v) is 2.08. The summed E-state index contributed by atoms with van der Waals surface area (Å²) in [5.41, 5.74) is 6.32. The van der Waals surface area contributed by atoms with Gasteiger partial charge in [-0.25, -0.2) is 4.68 Å². The second-order valence-electron chi connectivity index (χ2n) is 4.75. The van der Waals surface area contributed by atoms with E-state index in [0.717, 1.165) is 44.6 Å². The van der Waals surface area contributed by atoms with Gasteiger partial charge in [0.1, 0.15) is 6.54 Å². The number of nitrogens with zero attached hydrogens (tertiary/aromatic N) is 3. The third-order valence-corrected chi connectivity index (χ3v) is 3.12. The predicted molar refractivity (Wildman–Crippen MR) is 69.4 cm³/mol. The molecular weight excluding hydrogens is 246 g/mol. The molecule has 7 heteroatoms. The van der Waals surface area contributed by atoms with Crippen LogP contribution in [0.3, 0.4) is 0 Å². The van der Waals surface area contributed by atoms with Crippen LogP contribution < -0.4 is 11.1 Å². The van der Waals surface area contributed by atoms with Crippen LogP contribution in [0.25, 0.3) is 0 Å². The molecule has 1 aromatic rings. The maximum Gasteiger partial charge on any atom is 0.242 e. The molecule has 0 aliphatic carbocycles. The van der Waals surface area contributed by atoms with Crippen molar-refractivity contribution in [2.45, 2.75) is 38.3 Å². The summed E-state index contributed by atoms with van der Waals surface area (Å²) in [6, 6.07) is 0.224. The highest BCUT2D eigenvalue weighted by Crippen LogP contribution is 2.06. The zero-order chi connectivity index (χ0) is 13.5. The van der Waals surface area contributed by atoms with Crippen LogP contribution in [0.15, 0.2) is 6.20 Å². The van der Waals surface area contributed by atoms with Crippen LogP contribution in [0.2, 0.25) is 0 Å². The number of carbonyl (C=O) groups is 1. The van der Waals surface area contributed by atoms with E-state index in [0.29, 0.717) is 6.54 Å². The normalized spacial score (nSPS) is 16.5. The van der Waals surface area contributed by atoms with Gasteiger partial charge in [-0.15, -0.1) is 5.10 Å². The van der Waals surface area contributed by atoms with E-state index in [1.165, 1.54) is 0 Å². The lowest BCUT2D eigenvalue weighted by Crippen LogP contribution is -2.40. The minimum atomic E-state index is -0.0258. The van der Waals surface area contributed by atoms with Gasteiger partial charge in [-0.1, -0.05) is 5.21 Å². The predicted octanol–water partition coefficient (Wildman–Crippen LogP) is -0.535. The van der Waals surface area contributed by atoms with E-state index in [1.807, 2.05) is 0 Å². The minimum absolute atomic E-state index is 0.0258. The Morgan fingerprint density at radius 2 is 2.32 bits per heavy atom. The molecule has 0 spiro atoms. The van der Waals surface area contributed by atoms with Crippen molar-refractivity contribution < 1.29 is 9.53 Å². The number of rotatable bonds is 6. The first-order valence-corrected chi connectivity index (χ1v) is 6.74. The van der Waals surface area contributed by atoms with E-state index in [1.54, 1.807) is 10.9 Å². The van der Waals surface area contributed by atoms with E-state index < -0.39 is 0 Å². The Bertz CT molecular complexity index is 401. The highest BCUT2D eigenvalue weighted by Gasteiger charge is 2.16. The van der Waals surface area contributed by atoms with Crippen molar-refractivity contribution in [3.63, 3.8) is 0 Å². The Kier molecular flexibility index (Phi) is 5.29. The Labute approximate surface area is 112 Å². The molecule has 19 heavy (non-hydrogen) atoms. The number of nitrogens with one attached hydrogen (secondary N) is 1. The number of nitrogens with two attached hydrogens (primary N) is 1. The van der Waals surface area contributed by atoms with Crippen LogP contribution in [0.5, 0.6) is 0 Å². The van der Waals surface area contributed by atoms with Crippen LogP contribution in [0.1, 0.15) is 25.0 Å². The molecule has 0 saturated carbocycles. The molecule has 1 amide bonds. The average Bonchev–Trinajstić information content (AvgIpc) is 2.85. The summed E-state index contributed by atoms with van der Waals surface area (Å²) < 4.78 is 6.82. The first kappa shape index (κ1) is 14.0. The molecule has 1 aliphatic heterocycles. The van der Waals surface area contributed by atoms with E-state index in [4.69, 9.17) is 10.5 Å². The minimum Gasteiger partial charge on any atom is -0.381 e. The summed E-state index contributed by atoms with van der Waals surface area (Å²) in [7, 11) is 0. The summed E-state index contributed by atoms with van der Waals surface area (Å²) in [6.45, 7) is 2.29. The Hall–Kier alpha value is -1.47. The van der Waals surface area contributed by atoms with Gasteiger partial charge in [0.2, 0.25) is 5.91 Å². The summed E-state index contributed by atoms with van der Waals surface area (Å²) in [5, 5.41) is 10.9. The number of amides is 1. The molecule has 0 atom stereocenters. The van der Waals surface area contributed by atoms with Crippen LogP contribution >= 0.6 is 0 Å². The summed E-state index contributed by atoms with van der Waals surface area (Å²) in [4.78, 5) is 11.8. The lowest BCUT2D eigenvalue weighted by atomic mass is 10.1. The van der Waals surface area contributed by atoms with Crippen molar-refractivity contribution in [1.82, 2.24) is 20.3 Å². The van der Waals surface area contributed by atoms with E-state index in [9.17, 15) is 4.79 Å². The molecule has 1 aliphatic rings. The van der Waals surface area contributed by atoms with Gasteiger partial charge in [-0.2, -0.15) is 0 Å². The number of ether oxygens (including phenoxy) is 1.